The largest absolute Gasteiger partial charge is 0.468 e. The van der Waals surface area contributed by atoms with E-state index in [0.717, 1.165) is 5.56 Å². The summed E-state index contributed by atoms with van der Waals surface area (Å²) in [4.78, 5) is 22.3. The van der Waals surface area contributed by atoms with E-state index in [0.29, 0.717) is 12.1 Å². The second-order valence-corrected chi connectivity index (χ2v) is 3.16. The molecule has 86 valence electrons. The molecule has 0 aliphatic carbocycles. The van der Waals surface area contributed by atoms with Gasteiger partial charge in [-0.25, -0.2) is 0 Å². The van der Waals surface area contributed by atoms with E-state index in [1.807, 2.05) is 0 Å². The normalized spacial score (nSPS) is 9.62. The molecule has 1 aromatic rings. The van der Waals surface area contributed by atoms with Crippen molar-refractivity contribution in [3.05, 3.63) is 35.4 Å². The van der Waals surface area contributed by atoms with Crippen LogP contribution >= 0.6 is 0 Å². The Morgan fingerprint density at radius 1 is 1.31 bits per heavy atom. The maximum Gasteiger partial charge on any atom is 0.325 e. The molecule has 0 heterocycles. The highest BCUT2D eigenvalue weighted by molar-refractivity contribution is 5.95. The molecule has 1 aromatic carbocycles. The summed E-state index contributed by atoms with van der Waals surface area (Å²) in [5.41, 5.74) is 6.87. The lowest BCUT2D eigenvalue weighted by atomic mass is 10.1. The molecule has 0 spiro atoms. The Labute approximate surface area is 93.6 Å². The lowest BCUT2D eigenvalue weighted by Crippen LogP contribution is -2.30. The predicted octanol–water partition coefficient (Wildman–Crippen LogP) is 0.0481. The van der Waals surface area contributed by atoms with Crippen molar-refractivity contribution in [1.29, 1.82) is 0 Å². The van der Waals surface area contributed by atoms with Gasteiger partial charge in [0.05, 0.1) is 7.11 Å². The molecule has 0 radical (unpaired) electrons. The average molecular weight is 222 g/mol. The summed E-state index contributed by atoms with van der Waals surface area (Å²) < 4.78 is 4.40. The lowest BCUT2D eigenvalue weighted by molar-refractivity contribution is -0.139. The Balaban J connectivity index is 2.56. The fraction of sp³-hybridized carbons (Fsp3) is 0.273. The zero-order valence-corrected chi connectivity index (χ0v) is 9.03. The Hall–Kier alpha value is -1.88. The monoisotopic (exact) mass is 222 g/mol. The number of hydrogen-bond acceptors (Lipinski definition) is 4. The van der Waals surface area contributed by atoms with Crippen LogP contribution in [0, 0.1) is 0 Å². The summed E-state index contributed by atoms with van der Waals surface area (Å²) in [6.07, 6.45) is 0. The van der Waals surface area contributed by atoms with Crippen molar-refractivity contribution in [2.45, 2.75) is 6.54 Å². The molecular weight excluding hydrogens is 208 g/mol. The Morgan fingerprint density at radius 2 is 1.94 bits per heavy atom. The van der Waals surface area contributed by atoms with Gasteiger partial charge < -0.3 is 15.8 Å². The minimum atomic E-state index is -0.480. The number of esters is 1. The van der Waals surface area contributed by atoms with Gasteiger partial charge in [0.25, 0.3) is 5.91 Å². The second kappa shape index (κ2) is 5.87. The first-order valence-corrected chi connectivity index (χ1v) is 4.81. The van der Waals surface area contributed by atoms with Gasteiger partial charge in [0.15, 0.2) is 0 Å². The van der Waals surface area contributed by atoms with Crippen molar-refractivity contribution in [1.82, 2.24) is 5.32 Å². The van der Waals surface area contributed by atoms with E-state index in [4.69, 9.17) is 5.73 Å². The third-order valence-electron chi connectivity index (χ3n) is 2.07. The fourth-order valence-corrected chi connectivity index (χ4v) is 1.12. The van der Waals surface area contributed by atoms with Crippen LogP contribution in [0.5, 0.6) is 0 Å². The van der Waals surface area contributed by atoms with E-state index >= 15 is 0 Å². The molecule has 0 aliphatic rings. The van der Waals surface area contributed by atoms with Crippen molar-refractivity contribution in [2.75, 3.05) is 13.7 Å². The number of carbonyl (C=O) groups excluding carboxylic acids is 2. The van der Waals surface area contributed by atoms with Crippen LogP contribution in [0.2, 0.25) is 0 Å². The maximum atomic E-state index is 11.5. The molecule has 0 fully saturated rings. The van der Waals surface area contributed by atoms with Gasteiger partial charge in [-0.05, 0) is 17.7 Å². The molecular formula is C11H14N2O3. The van der Waals surface area contributed by atoms with E-state index in [2.05, 4.69) is 10.1 Å². The van der Waals surface area contributed by atoms with E-state index in [1.54, 1.807) is 24.3 Å². The molecule has 16 heavy (non-hydrogen) atoms. The van der Waals surface area contributed by atoms with Crippen molar-refractivity contribution < 1.29 is 14.3 Å². The number of methoxy groups -OCH3 is 1. The number of benzene rings is 1. The van der Waals surface area contributed by atoms with E-state index in [1.165, 1.54) is 7.11 Å². The van der Waals surface area contributed by atoms with Crippen molar-refractivity contribution in [3.8, 4) is 0 Å². The molecule has 0 saturated heterocycles. The Morgan fingerprint density at radius 3 is 2.44 bits per heavy atom. The molecule has 5 heteroatoms. The lowest BCUT2D eigenvalue weighted by Gasteiger charge is -2.04. The number of amides is 1. The minimum absolute atomic E-state index is 0.131. The number of hydrogen-bond donors (Lipinski definition) is 2. The second-order valence-electron chi connectivity index (χ2n) is 3.16. The number of nitrogens with one attached hydrogen (secondary N) is 1. The molecule has 0 aliphatic heterocycles. The average Bonchev–Trinajstić information content (AvgIpc) is 2.35. The first-order chi connectivity index (χ1) is 7.67. The van der Waals surface area contributed by atoms with Crippen LogP contribution in [0.15, 0.2) is 24.3 Å². The highest BCUT2D eigenvalue weighted by atomic mass is 16.5. The van der Waals surface area contributed by atoms with Gasteiger partial charge >= 0.3 is 5.97 Å². The first-order valence-electron chi connectivity index (χ1n) is 4.81. The molecule has 0 aromatic heterocycles. The van der Waals surface area contributed by atoms with Crippen LogP contribution in [-0.4, -0.2) is 25.5 Å². The van der Waals surface area contributed by atoms with Crippen LogP contribution in [0.4, 0.5) is 0 Å². The van der Waals surface area contributed by atoms with Crippen LogP contribution in [-0.2, 0) is 16.1 Å². The van der Waals surface area contributed by atoms with Crippen LogP contribution in [0.1, 0.15) is 15.9 Å². The topological polar surface area (TPSA) is 81.4 Å². The van der Waals surface area contributed by atoms with E-state index in [-0.39, 0.29) is 12.5 Å². The molecule has 0 bridgehead atoms. The van der Waals surface area contributed by atoms with Gasteiger partial charge in [0.1, 0.15) is 6.54 Å². The molecule has 0 atom stereocenters. The standard InChI is InChI=1S/C11H14N2O3/c1-16-10(14)7-13-11(15)9-4-2-8(6-12)3-5-9/h2-5H,6-7,12H2,1H3,(H,13,15). The molecule has 3 N–H and O–H groups in total. The number of carbonyl (C=O) groups is 2. The maximum absolute atomic E-state index is 11.5. The summed E-state index contributed by atoms with van der Waals surface area (Å²) >= 11 is 0. The predicted molar refractivity (Wildman–Crippen MR) is 58.7 cm³/mol. The van der Waals surface area contributed by atoms with Gasteiger partial charge in [-0.15, -0.1) is 0 Å². The number of ether oxygens (including phenoxy) is 1. The first kappa shape index (κ1) is 12.2. The molecule has 0 unspecified atom stereocenters. The summed E-state index contributed by atoms with van der Waals surface area (Å²) in [6.45, 7) is 0.304. The summed E-state index contributed by atoms with van der Waals surface area (Å²) in [5, 5.41) is 2.44. The molecule has 1 amide bonds. The summed E-state index contributed by atoms with van der Waals surface area (Å²) in [6, 6.07) is 6.86. The minimum Gasteiger partial charge on any atom is -0.468 e. The van der Waals surface area contributed by atoms with Crippen LogP contribution < -0.4 is 11.1 Å². The molecule has 1 rings (SSSR count). The SMILES string of the molecule is COC(=O)CNC(=O)c1ccc(CN)cc1. The highest BCUT2D eigenvalue weighted by Gasteiger charge is 2.07. The summed E-state index contributed by atoms with van der Waals surface area (Å²) in [5.74, 6) is -0.791. The van der Waals surface area contributed by atoms with Gasteiger partial charge in [0, 0.05) is 12.1 Å². The van der Waals surface area contributed by atoms with E-state index in [9.17, 15) is 9.59 Å². The van der Waals surface area contributed by atoms with Gasteiger partial charge in [0.2, 0.25) is 0 Å². The third-order valence-corrected chi connectivity index (χ3v) is 2.07. The van der Waals surface area contributed by atoms with Gasteiger partial charge in [-0.2, -0.15) is 0 Å². The number of nitrogens with two attached hydrogens (primary N) is 1. The summed E-state index contributed by atoms with van der Waals surface area (Å²) in [7, 11) is 1.27. The number of rotatable bonds is 4. The Bertz CT molecular complexity index is 373. The highest BCUT2D eigenvalue weighted by Crippen LogP contribution is 2.03. The van der Waals surface area contributed by atoms with Crippen molar-refractivity contribution >= 4 is 11.9 Å². The van der Waals surface area contributed by atoms with Crippen LogP contribution in [0.25, 0.3) is 0 Å². The molecule has 0 saturated carbocycles. The fourth-order valence-electron chi connectivity index (χ4n) is 1.12. The Kier molecular flexibility index (Phi) is 4.47. The van der Waals surface area contributed by atoms with Gasteiger partial charge in [-0.3, -0.25) is 9.59 Å². The zero-order valence-electron chi connectivity index (χ0n) is 9.03. The zero-order chi connectivity index (χ0) is 12.0. The molecule has 5 nitrogen and oxygen atoms in total. The van der Waals surface area contributed by atoms with E-state index < -0.39 is 5.97 Å². The van der Waals surface area contributed by atoms with Crippen molar-refractivity contribution in [3.63, 3.8) is 0 Å². The van der Waals surface area contributed by atoms with Gasteiger partial charge in [-0.1, -0.05) is 12.1 Å². The van der Waals surface area contributed by atoms with Crippen LogP contribution in [0.3, 0.4) is 0 Å². The smallest absolute Gasteiger partial charge is 0.325 e. The third kappa shape index (κ3) is 3.36. The van der Waals surface area contributed by atoms with Crippen molar-refractivity contribution in [2.24, 2.45) is 5.73 Å². The quantitative estimate of drug-likeness (QED) is 0.705.